The number of nitrogens with two attached hydrogens (primary N) is 1. The van der Waals surface area contributed by atoms with Crippen LogP contribution in [0.2, 0.25) is 10.0 Å². The molecule has 0 aromatic heterocycles. The van der Waals surface area contributed by atoms with Gasteiger partial charge in [0.25, 0.3) is 11.8 Å². The zero-order chi connectivity index (χ0) is 30.9. The van der Waals surface area contributed by atoms with Gasteiger partial charge in [-0.3, -0.25) is 14.5 Å². The van der Waals surface area contributed by atoms with Crippen molar-refractivity contribution < 1.29 is 35.4 Å². The Morgan fingerprint density at radius 3 is 1.60 bits per heavy atom. The molecule has 0 atom stereocenters. The lowest BCUT2D eigenvalue weighted by Crippen LogP contribution is -2.33. The number of carbonyl (C=O) groups excluding carboxylic acids is 2. The van der Waals surface area contributed by atoms with Crippen LogP contribution < -0.4 is 15.2 Å². The third-order valence-electron chi connectivity index (χ3n) is 5.74. The van der Waals surface area contributed by atoms with Gasteiger partial charge in [-0.15, -0.1) is 0 Å². The summed E-state index contributed by atoms with van der Waals surface area (Å²) in [4.78, 5) is 25.6. The Morgan fingerprint density at radius 1 is 0.721 bits per heavy atom. The van der Waals surface area contributed by atoms with Crippen LogP contribution in [0.5, 0.6) is 11.5 Å². The first-order valence-electron chi connectivity index (χ1n) is 13.2. The second-order valence-corrected chi connectivity index (χ2v) is 9.70. The molecule has 1 aliphatic heterocycles. The Bertz CT molecular complexity index is 1290. The smallest absolute Gasteiger partial charge is 0.261 e. The number of hydrogen-bond donors (Lipinski definition) is 3. The maximum atomic E-state index is 12.2. The fourth-order valence-electron chi connectivity index (χ4n) is 3.75. The van der Waals surface area contributed by atoms with Gasteiger partial charge in [-0.25, -0.2) is 11.1 Å². The minimum atomic E-state index is -0.271. The highest BCUT2D eigenvalue weighted by Crippen LogP contribution is 2.26. The number of amides is 2. The Kier molecular flexibility index (Phi) is 17.7. The van der Waals surface area contributed by atoms with Crippen LogP contribution in [0.3, 0.4) is 0 Å². The first-order chi connectivity index (χ1) is 20.3. The molecule has 3 aromatic carbocycles. The van der Waals surface area contributed by atoms with E-state index in [0.29, 0.717) is 72.3 Å². The molecule has 2 amide bonds. The van der Waals surface area contributed by atoms with Crippen molar-refractivity contribution in [2.24, 2.45) is 5.73 Å². The van der Waals surface area contributed by atoms with Crippen molar-refractivity contribution >= 4 is 35.0 Å². The quantitative estimate of drug-likeness (QED) is 0.128. The molecule has 1 heterocycles. The second kappa shape index (κ2) is 20.3. The van der Waals surface area contributed by atoms with Crippen LogP contribution in [0.15, 0.2) is 60.7 Å². The predicted octanol–water partition coefficient (Wildman–Crippen LogP) is 5.36. The summed E-state index contributed by atoms with van der Waals surface area (Å²) in [5, 5.41) is 1.18. The summed E-state index contributed by atoms with van der Waals surface area (Å²) in [7, 11) is 0. The Balaban J connectivity index is 0.000000844. The molecule has 1 aliphatic rings. The van der Waals surface area contributed by atoms with Gasteiger partial charge in [0, 0.05) is 7.97 Å². The van der Waals surface area contributed by atoms with E-state index in [1.165, 1.54) is 4.90 Å². The molecule has 0 unspecified atom stereocenters. The second-order valence-electron chi connectivity index (χ2n) is 8.89. The van der Waals surface area contributed by atoms with Crippen molar-refractivity contribution in [3.05, 3.63) is 93.0 Å². The topological polar surface area (TPSA) is 180 Å². The lowest BCUT2D eigenvalue weighted by atomic mass is 10.1. The molecule has 11 nitrogen and oxygen atoms in total. The van der Waals surface area contributed by atoms with Gasteiger partial charge >= 0.3 is 0 Å². The van der Waals surface area contributed by atoms with Gasteiger partial charge in [-0.1, -0.05) is 47.5 Å². The number of hydrogen-bond acceptors (Lipinski definition) is 9. The molecule has 236 valence electrons. The monoisotopic (exact) mass is 638 g/mol. The van der Waals surface area contributed by atoms with Crippen LogP contribution in [0.1, 0.15) is 33.3 Å². The molecule has 0 radical (unpaired) electrons. The molecule has 13 heteroatoms. The zero-order valence-electron chi connectivity index (χ0n) is 24.2. The summed E-state index contributed by atoms with van der Waals surface area (Å²) < 4.78 is 21.7. The number of benzene rings is 3. The molecule has 0 aliphatic carbocycles. The van der Waals surface area contributed by atoms with Gasteiger partial charge in [0.15, 0.2) is 0 Å². The van der Waals surface area contributed by atoms with Gasteiger partial charge < -0.3 is 30.2 Å². The number of fused-ring (bicyclic) bond motifs is 1. The van der Waals surface area contributed by atoms with E-state index >= 15 is 0 Å². The first kappa shape index (κ1) is 37.4. The van der Waals surface area contributed by atoms with E-state index in [1.807, 2.05) is 44.2 Å². The van der Waals surface area contributed by atoms with Crippen molar-refractivity contribution in [2.75, 3.05) is 52.7 Å². The molecule has 0 saturated heterocycles. The fourth-order valence-corrected chi connectivity index (χ4v) is 4.09. The van der Waals surface area contributed by atoms with Crippen LogP contribution >= 0.6 is 23.2 Å². The number of nitrogens with zero attached hydrogens (tertiary/aromatic N) is 1. The number of aryl methyl sites for hydroxylation is 2. The largest absolute Gasteiger partial charge is 0.490 e. The Labute approximate surface area is 262 Å². The third-order valence-corrected chi connectivity index (χ3v) is 6.37. The maximum absolute atomic E-state index is 12.2. The molecule has 6 N–H and O–H groups in total. The number of nitrogens with one attached hydrogen (secondary N) is 2. The molecular formula is C30H40Cl2N4O7. The van der Waals surface area contributed by atoms with E-state index in [0.717, 1.165) is 11.1 Å². The van der Waals surface area contributed by atoms with Crippen molar-refractivity contribution in [2.45, 2.75) is 13.8 Å². The average Bonchev–Trinajstić information content (AvgIpc) is 3.24. The van der Waals surface area contributed by atoms with Crippen molar-refractivity contribution in [1.82, 2.24) is 4.90 Å². The van der Waals surface area contributed by atoms with Crippen molar-refractivity contribution in [1.29, 1.82) is 11.1 Å². The van der Waals surface area contributed by atoms with Crippen molar-refractivity contribution in [3.63, 3.8) is 0 Å². The standard InChI is InChI=1S/C19H18ClNO4.C11H16ClNO2.H2N2.H2O.H2/c1-13-6-7-16(20)17(12-13)25-11-10-24-9-8-21-18(22)14-4-2-3-5-15(14)19(21)23;1-9-2-3-10(12)11(8-9)15-7-6-14-5-4-13;1-2;;/h2-7,12H,8-11H2,1H3;2-3,8H,4-7,13H2,1H3;1-2H;1H2;1H. The number of carbonyl (C=O) groups is 2. The molecule has 0 saturated carbocycles. The van der Waals surface area contributed by atoms with Crippen LogP contribution in [-0.2, 0) is 9.47 Å². The van der Waals surface area contributed by atoms with Crippen LogP contribution in [-0.4, -0.2) is 74.9 Å². The highest BCUT2D eigenvalue weighted by Gasteiger charge is 2.34. The molecular weight excluding hydrogens is 599 g/mol. The summed E-state index contributed by atoms with van der Waals surface area (Å²) in [6.07, 6.45) is 0. The van der Waals surface area contributed by atoms with Gasteiger partial charge in [0.1, 0.15) is 24.7 Å². The molecule has 0 bridgehead atoms. The third kappa shape index (κ3) is 11.9. The molecule has 4 rings (SSSR count). The van der Waals surface area contributed by atoms with Crippen LogP contribution in [0, 0.1) is 24.9 Å². The molecule has 43 heavy (non-hydrogen) atoms. The van der Waals surface area contributed by atoms with E-state index in [1.54, 1.807) is 30.3 Å². The van der Waals surface area contributed by atoms with Gasteiger partial charge in [0.2, 0.25) is 0 Å². The van der Waals surface area contributed by atoms with Gasteiger partial charge in [-0.05, 0) is 61.4 Å². The lowest BCUT2D eigenvalue weighted by molar-refractivity contribution is 0.0528. The summed E-state index contributed by atoms with van der Waals surface area (Å²) in [5.74, 6) is 0.776. The Hall–Kier alpha value is -3.58. The average molecular weight is 640 g/mol. The number of imide groups is 1. The van der Waals surface area contributed by atoms with E-state index < -0.39 is 0 Å². The predicted molar refractivity (Wildman–Crippen MR) is 167 cm³/mol. The van der Waals surface area contributed by atoms with Crippen molar-refractivity contribution in [3.8, 4) is 11.5 Å². The highest BCUT2D eigenvalue weighted by molar-refractivity contribution is 6.32. The van der Waals surface area contributed by atoms with Crippen LogP contribution in [0.4, 0.5) is 0 Å². The van der Waals surface area contributed by atoms with Gasteiger partial charge in [0.05, 0.1) is 54.1 Å². The van der Waals surface area contributed by atoms with E-state index in [-0.39, 0.29) is 31.9 Å². The fraction of sp³-hybridized carbons (Fsp3) is 0.333. The molecule has 0 spiro atoms. The zero-order valence-corrected chi connectivity index (χ0v) is 25.7. The number of ether oxygens (including phenoxy) is 4. The van der Waals surface area contributed by atoms with Crippen LogP contribution in [0.25, 0.3) is 0 Å². The normalized spacial score (nSPS) is 11.4. The lowest BCUT2D eigenvalue weighted by Gasteiger charge is -2.14. The summed E-state index contributed by atoms with van der Waals surface area (Å²) in [6.45, 7) is 7.23. The minimum absolute atomic E-state index is 0. The summed E-state index contributed by atoms with van der Waals surface area (Å²) in [6, 6.07) is 18.1. The summed E-state index contributed by atoms with van der Waals surface area (Å²) >= 11 is 12.0. The Morgan fingerprint density at radius 2 is 1.16 bits per heavy atom. The summed E-state index contributed by atoms with van der Waals surface area (Å²) in [5.41, 5.74) is 18.4. The van der Waals surface area contributed by atoms with E-state index in [2.05, 4.69) is 0 Å². The molecule has 0 fully saturated rings. The first-order valence-corrected chi connectivity index (χ1v) is 13.9. The number of halogens is 2. The minimum Gasteiger partial charge on any atom is -0.490 e. The van der Waals surface area contributed by atoms with Gasteiger partial charge in [-0.2, -0.15) is 0 Å². The SMILES string of the molecule is Cc1ccc(Cl)c(OCCOCCN)c1.Cc1ccc(Cl)c(OCCOCCN2C(=O)c3ccccc3C2=O)c1.N=N.O.[HH]. The maximum Gasteiger partial charge on any atom is 0.261 e. The van der Waals surface area contributed by atoms with E-state index in [9.17, 15) is 9.59 Å². The highest BCUT2D eigenvalue weighted by atomic mass is 35.5. The number of rotatable bonds is 13. The van der Waals surface area contributed by atoms with E-state index in [4.69, 9.17) is 58.9 Å². The molecule has 3 aromatic rings.